The van der Waals surface area contributed by atoms with Gasteiger partial charge in [-0.1, -0.05) is 58.0 Å². The molecule has 53 heavy (non-hydrogen) atoms. The highest BCUT2D eigenvalue weighted by atomic mass is 16.7. The maximum Gasteiger partial charge on any atom is 0.316 e. The summed E-state index contributed by atoms with van der Waals surface area (Å²) in [7, 11) is 3.77. The number of benzene rings is 1. The number of aliphatic hydroxyl groups excluding tert-OH is 2. The van der Waals surface area contributed by atoms with Crippen LogP contribution in [0, 0.1) is 23.7 Å². The molecule has 2 saturated heterocycles. The first kappa shape index (κ1) is 42.9. The number of esters is 1. The molecule has 12 heteroatoms. The molecule has 14 atom stereocenters. The minimum Gasteiger partial charge on any atom is -0.459 e. The van der Waals surface area contributed by atoms with Crippen molar-refractivity contribution in [1.29, 1.82) is 0 Å². The largest absolute Gasteiger partial charge is 0.459 e. The van der Waals surface area contributed by atoms with E-state index in [0.717, 1.165) is 16.5 Å². The number of hydrogen-bond donors (Lipinski definition) is 4. The third-order valence-electron chi connectivity index (χ3n) is 11.6. The van der Waals surface area contributed by atoms with Gasteiger partial charge in [0.05, 0.1) is 36.0 Å². The molecule has 3 heterocycles. The summed E-state index contributed by atoms with van der Waals surface area (Å²) in [4.78, 5) is 34.4. The lowest BCUT2D eigenvalue weighted by Gasteiger charge is -2.48. The minimum absolute atomic E-state index is 0.111. The predicted molar refractivity (Wildman–Crippen MR) is 203 cm³/mol. The number of Topliss-reactive ketones (excluding diaryl/α,β-unsaturated/α-hetero) is 1. The molecule has 0 spiro atoms. The van der Waals surface area contributed by atoms with E-state index in [4.69, 9.17) is 24.7 Å². The lowest BCUT2D eigenvalue weighted by Crippen LogP contribution is -2.61. The van der Waals surface area contributed by atoms with E-state index in [1.54, 1.807) is 27.0 Å². The maximum atomic E-state index is 14.3. The number of nitrogens with two attached hydrogens (primary N) is 1. The van der Waals surface area contributed by atoms with Gasteiger partial charge >= 0.3 is 5.97 Å². The van der Waals surface area contributed by atoms with Crippen molar-refractivity contribution < 1.29 is 43.9 Å². The summed E-state index contributed by atoms with van der Waals surface area (Å²) in [6.07, 6.45) is 0.681. The number of hydrogen-bond acceptors (Lipinski definition) is 12. The Labute approximate surface area is 315 Å². The van der Waals surface area contributed by atoms with Crippen molar-refractivity contribution in [2.75, 3.05) is 20.7 Å². The van der Waals surface area contributed by atoms with Crippen molar-refractivity contribution in [3.8, 4) is 0 Å². The monoisotopic (exact) mass is 741 g/mol. The summed E-state index contributed by atoms with van der Waals surface area (Å²) in [5, 5.41) is 35.6. The topological polar surface area (TPSA) is 174 Å². The number of carbonyl (C=O) groups excluding carboxylic acids is 2. The van der Waals surface area contributed by atoms with Gasteiger partial charge in [-0.15, -0.1) is 0 Å². The zero-order valence-electron chi connectivity index (χ0n) is 33.1. The van der Waals surface area contributed by atoms with Crippen molar-refractivity contribution >= 4 is 28.7 Å². The van der Waals surface area contributed by atoms with Crippen LogP contribution in [0.5, 0.6) is 0 Å². The molecular formula is C41H63N3O9. The van der Waals surface area contributed by atoms with E-state index in [1.807, 2.05) is 82.3 Å². The van der Waals surface area contributed by atoms with Crippen molar-refractivity contribution in [3.05, 3.63) is 48.2 Å². The number of ether oxygens (including phenoxy) is 4. The van der Waals surface area contributed by atoms with Crippen LogP contribution in [-0.4, -0.2) is 118 Å². The smallest absolute Gasteiger partial charge is 0.316 e. The molecule has 1 aromatic heterocycles. The molecule has 2 aliphatic heterocycles. The van der Waals surface area contributed by atoms with E-state index in [0.29, 0.717) is 6.42 Å². The van der Waals surface area contributed by atoms with Crippen LogP contribution in [0.25, 0.3) is 17.0 Å². The first-order valence-electron chi connectivity index (χ1n) is 19.0. The highest BCUT2D eigenvalue weighted by Gasteiger charge is 2.52. The van der Waals surface area contributed by atoms with Crippen LogP contribution in [0.3, 0.4) is 0 Å². The number of para-hydroxylation sites is 1. The van der Waals surface area contributed by atoms with Gasteiger partial charge in [0.1, 0.15) is 23.7 Å². The molecule has 0 aliphatic carbocycles. The molecular weight excluding hydrogens is 678 g/mol. The Morgan fingerprint density at radius 1 is 1.09 bits per heavy atom. The van der Waals surface area contributed by atoms with Crippen LogP contribution in [0.15, 0.2) is 42.6 Å². The molecule has 0 radical (unpaired) electrons. The van der Waals surface area contributed by atoms with Crippen molar-refractivity contribution in [3.63, 3.8) is 0 Å². The molecule has 296 valence electrons. The van der Waals surface area contributed by atoms with Crippen molar-refractivity contribution in [1.82, 2.24) is 9.88 Å². The van der Waals surface area contributed by atoms with E-state index in [1.165, 1.54) is 13.8 Å². The number of aromatic nitrogens is 1. The Morgan fingerprint density at radius 3 is 2.43 bits per heavy atom. The van der Waals surface area contributed by atoms with Crippen LogP contribution >= 0.6 is 0 Å². The number of pyridine rings is 1. The molecule has 12 nitrogen and oxygen atoms in total. The van der Waals surface area contributed by atoms with Crippen LogP contribution < -0.4 is 5.73 Å². The molecule has 5 N–H and O–H groups in total. The number of cyclic esters (lactones) is 1. The highest BCUT2D eigenvalue weighted by molar-refractivity contribution is 6.00. The van der Waals surface area contributed by atoms with Crippen LogP contribution in [0.2, 0.25) is 0 Å². The Balaban J connectivity index is 1.77. The fourth-order valence-corrected chi connectivity index (χ4v) is 8.19. The second-order valence-electron chi connectivity index (χ2n) is 16.2. The second kappa shape index (κ2) is 17.8. The third-order valence-corrected chi connectivity index (χ3v) is 11.6. The van der Waals surface area contributed by atoms with Gasteiger partial charge in [-0.05, 0) is 84.7 Å². The summed E-state index contributed by atoms with van der Waals surface area (Å²) in [5.74, 6) is -4.46. The van der Waals surface area contributed by atoms with Crippen LogP contribution in [0.4, 0.5) is 0 Å². The van der Waals surface area contributed by atoms with E-state index < -0.39 is 77.5 Å². The minimum atomic E-state index is -1.85. The molecule has 0 amide bonds. The third kappa shape index (κ3) is 9.71. The standard InChI is InChI=1S/C41H63N3O9/c1-11-32-41(8,49)36(47)25(4)33(42)23(2)21-40(7,50-18-14-15-28-20-29-16-12-13-17-30(29)43-22-28)37(26(5)34(45)27(6)38(48)52-32)53-39-35(46)31(44(9)10)19-24(3)51-39/h12-17,20,22-27,31-33,35-37,39,46-47,49H,11,18-19,21,42H2,1-10H3/b15-14-/t23-,24-,25-,26+,27-,31+,32+,33?,35-,36-,37-,39+,40+,41-/m1/s1. The number of ketones is 1. The fourth-order valence-electron chi connectivity index (χ4n) is 8.19. The molecule has 0 saturated carbocycles. The van der Waals surface area contributed by atoms with E-state index in [2.05, 4.69) is 4.98 Å². The lowest BCUT2D eigenvalue weighted by molar-refractivity contribution is -0.297. The molecule has 1 aromatic carbocycles. The van der Waals surface area contributed by atoms with Gasteiger partial charge in [0.15, 0.2) is 12.1 Å². The average molecular weight is 742 g/mol. The number of carbonyl (C=O) groups is 2. The first-order chi connectivity index (χ1) is 24.8. The molecule has 2 aliphatic rings. The van der Waals surface area contributed by atoms with E-state index >= 15 is 0 Å². The molecule has 2 aromatic rings. The van der Waals surface area contributed by atoms with Gasteiger partial charge in [-0.25, -0.2) is 0 Å². The molecule has 1 unspecified atom stereocenters. The van der Waals surface area contributed by atoms with E-state index in [-0.39, 0.29) is 37.5 Å². The number of likely N-dealkylation sites (N-methyl/N-ethyl adjacent to an activating group) is 1. The number of aliphatic hydroxyl groups is 3. The van der Waals surface area contributed by atoms with Crippen molar-refractivity contribution in [2.45, 2.75) is 135 Å². The van der Waals surface area contributed by atoms with Crippen LogP contribution in [-0.2, 0) is 28.5 Å². The van der Waals surface area contributed by atoms with Gasteiger partial charge in [0.25, 0.3) is 0 Å². The second-order valence-corrected chi connectivity index (χ2v) is 16.2. The zero-order valence-corrected chi connectivity index (χ0v) is 33.1. The van der Waals surface area contributed by atoms with Gasteiger partial charge in [0.2, 0.25) is 0 Å². The Kier molecular flexibility index (Phi) is 14.4. The molecule has 0 bridgehead atoms. The maximum absolute atomic E-state index is 14.3. The Morgan fingerprint density at radius 2 is 1.77 bits per heavy atom. The van der Waals surface area contributed by atoms with Gasteiger partial charge in [-0.2, -0.15) is 0 Å². The van der Waals surface area contributed by atoms with Gasteiger partial charge in [-0.3, -0.25) is 14.6 Å². The van der Waals surface area contributed by atoms with Crippen molar-refractivity contribution in [2.24, 2.45) is 29.4 Å². The van der Waals surface area contributed by atoms with Gasteiger partial charge < -0.3 is 44.9 Å². The normalized spacial score (nSPS) is 39.7. The molecule has 4 rings (SSSR count). The Hall–Kier alpha value is -2.81. The fraction of sp³-hybridized carbons (Fsp3) is 0.683. The SMILES string of the molecule is CC[C@@H]1OC(=O)[C@H](C)C(=O)[C@H](C)[C@@H](O[C@@H]2O[C@H](C)C[C@H](N(C)C)[C@H]2O)[C@@](C)(OC/C=C\c2cnc3ccccc3c2)C[C@@H](C)C(N)[C@@H](C)[C@@H](O)[C@]1(C)O. The first-order valence-corrected chi connectivity index (χ1v) is 19.0. The summed E-state index contributed by atoms with van der Waals surface area (Å²) in [5.41, 5.74) is 5.54. The Bertz CT molecular complexity index is 1570. The van der Waals surface area contributed by atoms with Crippen LogP contribution in [0.1, 0.15) is 80.2 Å². The summed E-state index contributed by atoms with van der Waals surface area (Å²) in [6, 6.07) is 8.95. The highest BCUT2D eigenvalue weighted by Crippen LogP contribution is 2.39. The molecule has 2 fully saturated rings. The van der Waals surface area contributed by atoms with Gasteiger partial charge in [0, 0.05) is 35.5 Å². The average Bonchev–Trinajstić information content (AvgIpc) is 3.12. The lowest BCUT2D eigenvalue weighted by atomic mass is 9.73. The summed E-state index contributed by atoms with van der Waals surface area (Å²) < 4.78 is 25.5. The predicted octanol–water partition coefficient (Wildman–Crippen LogP) is 4.11. The number of fused-ring (bicyclic) bond motifs is 1. The van der Waals surface area contributed by atoms with E-state index in [9.17, 15) is 24.9 Å². The zero-order chi connectivity index (χ0) is 39.4. The summed E-state index contributed by atoms with van der Waals surface area (Å²) in [6.45, 7) is 13.9. The summed E-state index contributed by atoms with van der Waals surface area (Å²) >= 11 is 0. The number of rotatable bonds is 8. The number of nitrogens with zero attached hydrogens (tertiary/aromatic N) is 2. The quantitative estimate of drug-likeness (QED) is 0.226.